The van der Waals surface area contributed by atoms with Crippen LogP contribution in [0.5, 0.6) is 0 Å². The molecule has 3 aromatic carbocycles. The van der Waals surface area contributed by atoms with Crippen molar-refractivity contribution in [2.45, 2.75) is 49.5 Å². The van der Waals surface area contributed by atoms with Gasteiger partial charge in [-0.1, -0.05) is 66.7 Å². The molecule has 0 radical (unpaired) electrons. The van der Waals surface area contributed by atoms with E-state index in [0.29, 0.717) is 18.0 Å². The molecule has 0 aliphatic carbocycles. The van der Waals surface area contributed by atoms with Crippen molar-refractivity contribution in [3.05, 3.63) is 90.0 Å². The lowest BCUT2D eigenvalue weighted by Crippen LogP contribution is -2.40. The number of carbonyl (C=O) groups excluding carboxylic acids is 1. The summed E-state index contributed by atoms with van der Waals surface area (Å²) in [5.41, 5.74) is 3.49. The Kier molecular flexibility index (Phi) is 7.52. The van der Waals surface area contributed by atoms with Crippen LogP contribution < -0.4 is 0 Å². The van der Waals surface area contributed by atoms with E-state index in [4.69, 9.17) is 9.57 Å². The first-order valence-corrected chi connectivity index (χ1v) is 14.0. The third-order valence-electron chi connectivity index (χ3n) is 6.31. The van der Waals surface area contributed by atoms with Crippen LogP contribution in [0, 0.1) is 0 Å². The molecule has 1 aliphatic heterocycles. The van der Waals surface area contributed by atoms with Crippen LogP contribution in [0.3, 0.4) is 0 Å². The van der Waals surface area contributed by atoms with Crippen molar-refractivity contribution in [1.29, 1.82) is 0 Å². The summed E-state index contributed by atoms with van der Waals surface area (Å²) in [7, 11) is -3.31. The number of ether oxygens (including phenoxy) is 1. The first kappa shape index (κ1) is 25.9. The van der Waals surface area contributed by atoms with Crippen LogP contribution in [0.4, 0.5) is 4.79 Å². The molecule has 0 amide bonds. The maximum atomic E-state index is 12.3. The van der Waals surface area contributed by atoms with Gasteiger partial charge in [0, 0.05) is 25.3 Å². The molecule has 1 heterocycles. The zero-order chi connectivity index (χ0) is 25.9. The van der Waals surface area contributed by atoms with Crippen LogP contribution in [0.15, 0.2) is 83.8 Å². The molecule has 1 saturated heterocycles. The summed E-state index contributed by atoms with van der Waals surface area (Å²) >= 11 is 0. The van der Waals surface area contributed by atoms with E-state index in [9.17, 15) is 13.2 Å². The topological polar surface area (TPSA) is 72.9 Å². The van der Waals surface area contributed by atoms with Gasteiger partial charge in [0.2, 0.25) is 0 Å². The number of nitrogens with zero attached hydrogens (tertiary/aromatic N) is 1. The summed E-state index contributed by atoms with van der Waals surface area (Å²) in [5, 5.41) is 1.69. The number of hydrogen-bond donors (Lipinski definition) is 0. The molecule has 36 heavy (non-hydrogen) atoms. The van der Waals surface area contributed by atoms with Gasteiger partial charge in [-0.25, -0.2) is 13.2 Å². The Balaban J connectivity index is 1.65. The van der Waals surface area contributed by atoms with Gasteiger partial charge >= 0.3 is 6.16 Å². The normalized spacial score (nSPS) is 19.0. The fraction of sp³-hybridized carbons (Fsp3) is 0.345. The van der Waals surface area contributed by atoms with Crippen molar-refractivity contribution >= 4 is 16.0 Å². The van der Waals surface area contributed by atoms with E-state index in [1.807, 2.05) is 57.2 Å². The van der Waals surface area contributed by atoms with Crippen LogP contribution in [-0.2, 0) is 19.4 Å². The number of hydrogen-bond acceptors (Lipinski definition) is 6. The lowest BCUT2D eigenvalue weighted by atomic mass is 9.77. The monoisotopic (exact) mass is 507 g/mol. The molecule has 0 bridgehead atoms. The second-order valence-corrected chi connectivity index (χ2v) is 12.3. The quantitative estimate of drug-likeness (QED) is 0.383. The zero-order valence-corrected chi connectivity index (χ0v) is 22.0. The fourth-order valence-electron chi connectivity index (χ4n) is 4.67. The minimum absolute atomic E-state index is 0.0571. The van der Waals surface area contributed by atoms with E-state index in [1.54, 1.807) is 23.3 Å². The number of rotatable bonds is 5. The maximum Gasteiger partial charge on any atom is 0.528 e. The molecular formula is C29H33NO5S. The first-order chi connectivity index (χ1) is 17.0. The minimum atomic E-state index is -3.31. The molecule has 7 heteroatoms. The Bertz CT molecular complexity index is 1310. The lowest BCUT2D eigenvalue weighted by Gasteiger charge is -2.38. The summed E-state index contributed by atoms with van der Waals surface area (Å²) in [6.07, 6.45) is 1.32. The first-order valence-electron chi connectivity index (χ1n) is 12.1. The largest absolute Gasteiger partial charge is 0.528 e. The predicted octanol–water partition coefficient (Wildman–Crippen LogP) is 6.20. The number of carbonyl (C=O) groups is 1. The molecule has 2 atom stereocenters. The van der Waals surface area contributed by atoms with Gasteiger partial charge in [0.25, 0.3) is 0 Å². The van der Waals surface area contributed by atoms with Gasteiger partial charge < -0.3 is 9.57 Å². The van der Waals surface area contributed by atoms with Gasteiger partial charge in [0.05, 0.1) is 4.90 Å². The molecule has 0 N–H and O–H groups in total. The Morgan fingerprint density at radius 2 is 1.50 bits per heavy atom. The third-order valence-corrected chi connectivity index (χ3v) is 7.42. The molecule has 0 spiro atoms. The van der Waals surface area contributed by atoms with Crippen molar-refractivity contribution in [2.24, 2.45) is 0 Å². The van der Waals surface area contributed by atoms with E-state index in [-0.39, 0.29) is 11.8 Å². The number of piperidine rings is 1. The van der Waals surface area contributed by atoms with Gasteiger partial charge in [-0.15, -0.1) is 5.06 Å². The van der Waals surface area contributed by atoms with Crippen LogP contribution in [0.25, 0.3) is 11.1 Å². The van der Waals surface area contributed by atoms with Crippen LogP contribution >= 0.6 is 0 Å². The molecule has 0 saturated carbocycles. The fourth-order valence-corrected chi connectivity index (χ4v) is 5.34. The molecular weight excluding hydrogens is 474 g/mol. The predicted molar refractivity (Wildman–Crippen MR) is 140 cm³/mol. The molecule has 3 aromatic rings. The number of hydroxylamine groups is 2. The van der Waals surface area contributed by atoms with Crippen molar-refractivity contribution in [3.8, 4) is 11.1 Å². The Morgan fingerprint density at radius 1 is 0.861 bits per heavy atom. The van der Waals surface area contributed by atoms with Gasteiger partial charge in [0.1, 0.15) is 5.60 Å². The average Bonchev–Trinajstić information content (AvgIpc) is 2.83. The molecule has 4 rings (SSSR count). The molecule has 190 valence electrons. The summed E-state index contributed by atoms with van der Waals surface area (Å²) in [6.45, 7) is 6.55. The second kappa shape index (κ2) is 10.4. The maximum absolute atomic E-state index is 12.3. The van der Waals surface area contributed by atoms with Crippen molar-refractivity contribution in [1.82, 2.24) is 5.06 Å². The summed E-state index contributed by atoms with van der Waals surface area (Å²) < 4.78 is 29.5. The molecule has 0 aromatic heterocycles. The van der Waals surface area contributed by atoms with Crippen molar-refractivity contribution in [2.75, 3.05) is 19.3 Å². The SMILES string of the molecule is CC(C)(C)OC(=O)ON1CC[C@@H](c2ccccc2)[C@@H](c2cccc(-c3cccc(S(C)(=O)=O)c3)c2)C1. The highest BCUT2D eigenvalue weighted by Crippen LogP contribution is 2.41. The molecule has 0 unspecified atom stereocenters. The van der Waals surface area contributed by atoms with E-state index in [1.165, 1.54) is 11.8 Å². The lowest BCUT2D eigenvalue weighted by molar-refractivity contribution is -0.155. The van der Waals surface area contributed by atoms with Crippen LogP contribution in [0.1, 0.15) is 50.2 Å². The van der Waals surface area contributed by atoms with Gasteiger partial charge in [-0.05, 0) is 67.5 Å². The van der Waals surface area contributed by atoms with Crippen LogP contribution in [0.2, 0.25) is 0 Å². The van der Waals surface area contributed by atoms with E-state index in [2.05, 4.69) is 24.3 Å². The zero-order valence-electron chi connectivity index (χ0n) is 21.2. The van der Waals surface area contributed by atoms with Crippen molar-refractivity contribution < 1.29 is 22.8 Å². The van der Waals surface area contributed by atoms with Gasteiger partial charge in [-0.2, -0.15) is 0 Å². The summed E-state index contributed by atoms with van der Waals surface area (Å²) in [6, 6.07) is 25.6. The Morgan fingerprint density at radius 3 is 2.17 bits per heavy atom. The summed E-state index contributed by atoms with van der Waals surface area (Å²) in [4.78, 5) is 18.2. The highest BCUT2D eigenvalue weighted by molar-refractivity contribution is 7.90. The highest BCUT2D eigenvalue weighted by atomic mass is 32.2. The minimum Gasteiger partial charge on any atom is -0.427 e. The summed E-state index contributed by atoms with van der Waals surface area (Å²) in [5.74, 6) is 0.295. The van der Waals surface area contributed by atoms with Gasteiger partial charge in [0.15, 0.2) is 9.84 Å². The molecule has 6 nitrogen and oxygen atoms in total. The van der Waals surface area contributed by atoms with Crippen molar-refractivity contribution in [3.63, 3.8) is 0 Å². The van der Waals surface area contributed by atoms with E-state index in [0.717, 1.165) is 23.1 Å². The second-order valence-electron chi connectivity index (χ2n) is 10.3. The Labute approximate surface area is 213 Å². The number of benzene rings is 3. The standard InChI is InChI=1S/C29H33NO5S/c1-29(2,3)34-28(31)35-30-17-16-26(21-10-6-5-7-11-21)27(20-30)24-14-8-12-22(18-24)23-13-9-15-25(19-23)36(4,32)33/h5-15,18-19,26-27H,16-17,20H2,1-4H3/t26-,27+/m0/s1. The van der Waals surface area contributed by atoms with E-state index >= 15 is 0 Å². The smallest absolute Gasteiger partial charge is 0.427 e. The van der Waals surface area contributed by atoms with Crippen LogP contribution in [-0.4, -0.2) is 44.6 Å². The molecule has 1 fully saturated rings. The third kappa shape index (κ3) is 6.53. The van der Waals surface area contributed by atoms with Gasteiger partial charge in [-0.3, -0.25) is 0 Å². The Hall–Kier alpha value is -3.16. The number of sulfone groups is 1. The highest BCUT2D eigenvalue weighted by Gasteiger charge is 2.34. The molecule has 1 aliphatic rings. The van der Waals surface area contributed by atoms with E-state index < -0.39 is 21.6 Å². The average molecular weight is 508 g/mol.